The Hall–Kier alpha value is -2.48. The van der Waals surface area contributed by atoms with Crippen LogP contribution in [0.25, 0.3) is 0 Å². The first-order valence-corrected chi connectivity index (χ1v) is 5.71. The predicted molar refractivity (Wildman–Crippen MR) is 71.0 cm³/mol. The minimum Gasteiger partial charge on any atom is -0.399 e. The summed E-state index contributed by atoms with van der Waals surface area (Å²) in [7, 11) is 1.92. The number of benzene rings is 1. The number of nitrogens with one attached hydrogen (secondary N) is 1. The summed E-state index contributed by atoms with van der Waals surface area (Å²) in [6.45, 7) is 0.748. The molecule has 0 fully saturated rings. The molecule has 5 nitrogen and oxygen atoms in total. The molecule has 3 N–H and O–H groups in total. The molecule has 92 valence electrons. The van der Waals surface area contributed by atoms with Crippen LogP contribution in [0.1, 0.15) is 11.3 Å². The van der Waals surface area contributed by atoms with Crippen molar-refractivity contribution in [2.24, 2.45) is 7.05 Å². The van der Waals surface area contributed by atoms with Gasteiger partial charge in [-0.2, -0.15) is 10.4 Å². The largest absolute Gasteiger partial charge is 0.399 e. The van der Waals surface area contributed by atoms with Gasteiger partial charge in [-0.25, -0.2) is 0 Å². The normalized spacial score (nSPS) is 10.0. The van der Waals surface area contributed by atoms with Gasteiger partial charge in [0.15, 0.2) is 0 Å². The second kappa shape index (κ2) is 5.23. The van der Waals surface area contributed by atoms with Crippen molar-refractivity contribution in [3.63, 3.8) is 0 Å². The van der Waals surface area contributed by atoms with Crippen LogP contribution in [0.15, 0.2) is 30.5 Å². The first-order chi connectivity index (χ1) is 8.70. The zero-order valence-corrected chi connectivity index (χ0v) is 10.2. The molecule has 2 aromatic rings. The Morgan fingerprint density at radius 2 is 2.28 bits per heavy atom. The maximum Gasteiger partial charge on any atom is 0.101 e. The Morgan fingerprint density at radius 1 is 1.44 bits per heavy atom. The van der Waals surface area contributed by atoms with Gasteiger partial charge < -0.3 is 11.1 Å². The van der Waals surface area contributed by atoms with E-state index in [4.69, 9.17) is 11.0 Å². The van der Waals surface area contributed by atoms with Gasteiger partial charge >= 0.3 is 0 Å². The summed E-state index contributed by atoms with van der Waals surface area (Å²) in [5, 5.41) is 16.4. The highest BCUT2D eigenvalue weighted by Gasteiger charge is 2.03. The van der Waals surface area contributed by atoms with Crippen molar-refractivity contribution in [3.05, 3.63) is 41.7 Å². The van der Waals surface area contributed by atoms with E-state index in [-0.39, 0.29) is 0 Å². The summed E-state index contributed by atoms with van der Waals surface area (Å²) in [6, 6.07) is 9.40. The Labute approximate surface area is 106 Å². The second-order valence-corrected chi connectivity index (χ2v) is 4.04. The van der Waals surface area contributed by atoms with Crippen molar-refractivity contribution in [2.45, 2.75) is 6.42 Å². The van der Waals surface area contributed by atoms with Crippen molar-refractivity contribution in [2.75, 3.05) is 17.6 Å². The van der Waals surface area contributed by atoms with Crippen molar-refractivity contribution >= 4 is 11.4 Å². The molecule has 0 radical (unpaired) electrons. The van der Waals surface area contributed by atoms with E-state index in [1.165, 1.54) is 0 Å². The number of aryl methyl sites for hydroxylation is 1. The minimum atomic E-state index is 0.569. The number of nitriles is 1. The number of hydrogen-bond acceptors (Lipinski definition) is 4. The number of nitrogens with two attached hydrogens (primary N) is 1. The Balaban J connectivity index is 1.99. The molecule has 1 heterocycles. The highest BCUT2D eigenvalue weighted by molar-refractivity contribution is 5.62. The minimum absolute atomic E-state index is 0.569. The first-order valence-electron chi connectivity index (χ1n) is 5.71. The molecular formula is C13H15N5. The zero-order chi connectivity index (χ0) is 13.0. The number of aromatic nitrogens is 2. The molecule has 18 heavy (non-hydrogen) atoms. The summed E-state index contributed by atoms with van der Waals surface area (Å²) in [4.78, 5) is 0. The second-order valence-electron chi connectivity index (χ2n) is 4.04. The van der Waals surface area contributed by atoms with Crippen LogP contribution < -0.4 is 11.1 Å². The van der Waals surface area contributed by atoms with Crippen LogP contribution in [-0.4, -0.2) is 16.3 Å². The molecule has 1 aromatic heterocycles. The van der Waals surface area contributed by atoms with Gasteiger partial charge in [-0.3, -0.25) is 4.68 Å². The monoisotopic (exact) mass is 241 g/mol. The number of anilines is 2. The molecule has 0 saturated heterocycles. The lowest BCUT2D eigenvalue weighted by atomic mass is 10.1. The van der Waals surface area contributed by atoms with Crippen LogP contribution in [0.5, 0.6) is 0 Å². The van der Waals surface area contributed by atoms with Crippen molar-refractivity contribution in [1.82, 2.24) is 9.78 Å². The van der Waals surface area contributed by atoms with Gasteiger partial charge in [-0.1, -0.05) is 0 Å². The fourth-order valence-electron chi connectivity index (χ4n) is 1.78. The van der Waals surface area contributed by atoms with Crippen LogP contribution in [0.2, 0.25) is 0 Å². The third-order valence-electron chi connectivity index (χ3n) is 2.78. The van der Waals surface area contributed by atoms with E-state index < -0.39 is 0 Å². The van der Waals surface area contributed by atoms with Crippen LogP contribution in [-0.2, 0) is 13.5 Å². The molecule has 2 rings (SSSR count). The fraction of sp³-hybridized carbons (Fsp3) is 0.231. The van der Waals surface area contributed by atoms with Crippen LogP contribution >= 0.6 is 0 Å². The average molecular weight is 241 g/mol. The highest BCUT2D eigenvalue weighted by atomic mass is 15.3. The van der Waals surface area contributed by atoms with Crippen LogP contribution in [0.3, 0.4) is 0 Å². The van der Waals surface area contributed by atoms with Gasteiger partial charge in [-0.15, -0.1) is 0 Å². The van der Waals surface area contributed by atoms with Gasteiger partial charge in [0.25, 0.3) is 0 Å². The van der Waals surface area contributed by atoms with Crippen LogP contribution in [0, 0.1) is 11.3 Å². The molecular weight excluding hydrogens is 226 g/mol. The number of nitrogens with zero attached hydrogens (tertiary/aromatic N) is 3. The molecule has 1 aromatic carbocycles. The molecule has 5 heteroatoms. The standard InChI is InChI=1S/C13H15N5/c1-18-12(5-7-17-18)4-6-16-13-3-2-11(15)8-10(13)9-14/h2-3,5,7-8,16H,4,6,15H2,1H3. The molecule has 0 amide bonds. The summed E-state index contributed by atoms with van der Waals surface area (Å²) in [5.41, 5.74) is 8.77. The number of rotatable bonds is 4. The molecule has 0 aliphatic carbocycles. The topological polar surface area (TPSA) is 79.7 Å². The lowest BCUT2D eigenvalue weighted by Crippen LogP contribution is -2.09. The quantitative estimate of drug-likeness (QED) is 0.795. The van der Waals surface area contributed by atoms with Gasteiger partial charge in [0, 0.05) is 37.6 Å². The maximum atomic E-state index is 9.01. The predicted octanol–water partition coefficient (Wildman–Crippen LogP) is 1.53. The van der Waals surface area contributed by atoms with Crippen molar-refractivity contribution in [3.8, 4) is 6.07 Å². The van der Waals surface area contributed by atoms with E-state index in [0.29, 0.717) is 11.3 Å². The van der Waals surface area contributed by atoms with E-state index in [2.05, 4.69) is 16.5 Å². The van der Waals surface area contributed by atoms with E-state index in [1.54, 1.807) is 18.3 Å². The third kappa shape index (κ3) is 2.61. The number of hydrogen-bond donors (Lipinski definition) is 2. The molecule has 0 bridgehead atoms. The van der Waals surface area contributed by atoms with E-state index in [1.807, 2.05) is 23.9 Å². The van der Waals surface area contributed by atoms with E-state index in [9.17, 15) is 0 Å². The average Bonchev–Trinajstić information content (AvgIpc) is 2.77. The summed E-state index contributed by atoms with van der Waals surface area (Å²) in [5.74, 6) is 0. The smallest absolute Gasteiger partial charge is 0.101 e. The van der Waals surface area contributed by atoms with E-state index >= 15 is 0 Å². The Morgan fingerprint density at radius 3 is 2.94 bits per heavy atom. The lowest BCUT2D eigenvalue weighted by molar-refractivity contribution is 0.711. The molecule has 0 saturated carbocycles. The SMILES string of the molecule is Cn1nccc1CCNc1ccc(N)cc1C#N. The van der Waals surface area contributed by atoms with Gasteiger partial charge in [0.1, 0.15) is 6.07 Å². The highest BCUT2D eigenvalue weighted by Crippen LogP contribution is 2.17. The summed E-state index contributed by atoms with van der Waals surface area (Å²) >= 11 is 0. The molecule has 0 aliphatic heterocycles. The first kappa shape index (κ1) is 12.0. The summed E-state index contributed by atoms with van der Waals surface area (Å²) in [6.07, 6.45) is 2.63. The molecule has 0 unspecified atom stereocenters. The van der Waals surface area contributed by atoms with Crippen molar-refractivity contribution < 1.29 is 0 Å². The maximum absolute atomic E-state index is 9.01. The number of nitrogen functional groups attached to an aromatic ring is 1. The Bertz CT molecular complexity index is 579. The molecule has 0 aliphatic rings. The van der Waals surface area contributed by atoms with Crippen molar-refractivity contribution in [1.29, 1.82) is 5.26 Å². The zero-order valence-electron chi connectivity index (χ0n) is 10.2. The third-order valence-corrected chi connectivity index (χ3v) is 2.78. The lowest BCUT2D eigenvalue weighted by Gasteiger charge is -2.08. The van der Waals surface area contributed by atoms with Crippen LogP contribution in [0.4, 0.5) is 11.4 Å². The van der Waals surface area contributed by atoms with Gasteiger partial charge in [0.05, 0.1) is 11.3 Å². The van der Waals surface area contributed by atoms with Gasteiger partial charge in [-0.05, 0) is 24.3 Å². The summed E-state index contributed by atoms with van der Waals surface area (Å²) < 4.78 is 1.84. The van der Waals surface area contributed by atoms with E-state index in [0.717, 1.165) is 24.3 Å². The molecule has 0 atom stereocenters. The fourth-order valence-corrected chi connectivity index (χ4v) is 1.78. The Kier molecular flexibility index (Phi) is 3.49. The van der Waals surface area contributed by atoms with Gasteiger partial charge in [0.2, 0.25) is 0 Å². The molecule has 0 spiro atoms.